The molecule has 2 aromatic heterocycles. The molecule has 5 aliphatic rings. The number of aromatic nitrogens is 4. The first-order valence-electron chi connectivity index (χ1n) is 18.5. The van der Waals surface area contributed by atoms with Gasteiger partial charge in [-0.2, -0.15) is 15.0 Å². The van der Waals surface area contributed by atoms with E-state index in [-0.39, 0.29) is 17.4 Å². The molecule has 274 valence electrons. The van der Waals surface area contributed by atoms with E-state index >= 15 is 0 Å². The largest absolute Gasteiger partial charge is 0.467 e. The van der Waals surface area contributed by atoms with E-state index in [2.05, 4.69) is 56.0 Å². The van der Waals surface area contributed by atoms with Crippen molar-refractivity contribution in [2.24, 2.45) is 0 Å². The van der Waals surface area contributed by atoms with E-state index in [1.54, 1.807) is 13.2 Å². The van der Waals surface area contributed by atoms with Gasteiger partial charge in [-0.1, -0.05) is 47.9 Å². The number of rotatable bonds is 7. The van der Waals surface area contributed by atoms with E-state index < -0.39 is 6.17 Å². The number of amides is 1. The molecule has 0 spiro atoms. The number of methoxy groups -OCH3 is 1. The fourth-order valence-electron chi connectivity index (χ4n) is 8.18. The van der Waals surface area contributed by atoms with Crippen LogP contribution in [0.25, 0.3) is 16.8 Å². The first kappa shape index (κ1) is 34.8. The van der Waals surface area contributed by atoms with E-state index in [4.69, 9.17) is 30.8 Å². The molecule has 0 N–H and O–H groups in total. The number of alkyl halides is 1. The van der Waals surface area contributed by atoms with Gasteiger partial charge in [-0.3, -0.25) is 9.69 Å². The quantitative estimate of drug-likeness (QED) is 0.204. The highest BCUT2D eigenvalue weighted by atomic mass is 35.5. The van der Waals surface area contributed by atoms with Crippen molar-refractivity contribution in [3.05, 3.63) is 70.5 Å². The third-order valence-corrected chi connectivity index (χ3v) is 11.9. The number of carbonyl (C=O) groups excluding carboxylic acids is 1. The van der Waals surface area contributed by atoms with Crippen LogP contribution in [0.1, 0.15) is 68.4 Å². The number of fused-ring (bicyclic) bond motifs is 3. The molecular formula is C39H46ClFN8O3. The van der Waals surface area contributed by atoms with Crippen molar-refractivity contribution in [3.63, 3.8) is 0 Å². The number of likely N-dealkylation sites (N-methyl/N-ethyl adjacent to an activating group) is 1. The van der Waals surface area contributed by atoms with Crippen molar-refractivity contribution in [2.45, 2.75) is 82.1 Å². The van der Waals surface area contributed by atoms with Crippen LogP contribution in [0, 0.1) is 0 Å². The van der Waals surface area contributed by atoms with Gasteiger partial charge in [-0.05, 0) is 69.0 Å². The molecule has 52 heavy (non-hydrogen) atoms. The zero-order chi connectivity index (χ0) is 36.0. The topological polar surface area (TPSA) is 104 Å². The molecule has 4 fully saturated rings. The summed E-state index contributed by atoms with van der Waals surface area (Å²) in [5.74, 6) is 1.87. The monoisotopic (exact) mass is 728 g/mol. The summed E-state index contributed by atoms with van der Waals surface area (Å²) in [5.41, 5.74) is 3.18. The minimum Gasteiger partial charge on any atom is -0.467 e. The van der Waals surface area contributed by atoms with Gasteiger partial charge in [-0.15, -0.1) is 0 Å². The highest BCUT2D eigenvalue weighted by molar-refractivity contribution is 6.36. The lowest BCUT2D eigenvalue weighted by Gasteiger charge is -2.34. The fourth-order valence-corrected chi connectivity index (χ4v) is 8.46. The number of likely N-dealkylation sites (tertiary alicyclic amines) is 1. The predicted octanol–water partition coefficient (Wildman–Crippen LogP) is 6.23. The smallest absolute Gasteiger partial charge is 0.318 e. The average Bonchev–Trinajstić information content (AvgIpc) is 3.67. The summed E-state index contributed by atoms with van der Waals surface area (Å²) in [6.07, 6.45) is 9.70. The van der Waals surface area contributed by atoms with Crippen LogP contribution in [0.4, 0.5) is 15.9 Å². The molecule has 3 atom stereocenters. The van der Waals surface area contributed by atoms with Crippen molar-refractivity contribution in [3.8, 4) is 6.01 Å². The minimum absolute atomic E-state index is 0.0250. The summed E-state index contributed by atoms with van der Waals surface area (Å²) in [4.78, 5) is 35.7. The van der Waals surface area contributed by atoms with E-state index in [0.29, 0.717) is 44.1 Å². The van der Waals surface area contributed by atoms with Crippen LogP contribution >= 0.6 is 11.6 Å². The van der Waals surface area contributed by atoms with Gasteiger partial charge in [0.2, 0.25) is 5.91 Å². The Morgan fingerprint density at radius 1 is 1.10 bits per heavy atom. The summed E-state index contributed by atoms with van der Waals surface area (Å²) in [7, 11) is 3.64. The lowest BCUT2D eigenvalue weighted by atomic mass is 10.0. The molecule has 4 aliphatic heterocycles. The first-order valence-corrected chi connectivity index (χ1v) is 18.8. The molecule has 9 rings (SSSR count). The highest BCUT2D eigenvalue weighted by Gasteiger charge is 2.43. The van der Waals surface area contributed by atoms with Crippen LogP contribution in [-0.2, 0) is 23.2 Å². The maximum Gasteiger partial charge on any atom is 0.318 e. The van der Waals surface area contributed by atoms with Gasteiger partial charge in [0.15, 0.2) is 5.82 Å². The third-order valence-electron chi connectivity index (χ3n) is 11.5. The Hall–Kier alpha value is -4.29. The molecule has 0 bridgehead atoms. The molecule has 2 aromatic carbocycles. The van der Waals surface area contributed by atoms with E-state index in [0.717, 1.165) is 89.6 Å². The second kappa shape index (κ2) is 14.3. The zero-order valence-electron chi connectivity index (χ0n) is 30.1. The Labute approximate surface area is 308 Å². The number of benzene rings is 2. The Morgan fingerprint density at radius 2 is 1.92 bits per heavy atom. The second-order valence-electron chi connectivity index (χ2n) is 15.1. The Kier molecular flexibility index (Phi) is 9.54. The highest BCUT2D eigenvalue weighted by Crippen LogP contribution is 2.46. The number of nitrogens with zero attached hydrogens (tertiary/aromatic N) is 8. The first-order chi connectivity index (χ1) is 25.2. The lowest BCUT2D eigenvalue weighted by molar-refractivity contribution is -0.124. The predicted molar refractivity (Wildman–Crippen MR) is 200 cm³/mol. The van der Waals surface area contributed by atoms with Crippen molar-refractivity contribution >= 4 is 45.9 Å². The van der Waals surface area contributed by atoms with E-state index in [9.17, 15) is 9.18 Å². The van der Waals surface area contributed by atoms with Gasteiger partial charge >= 0.3 is 6.01 Å². The maximum atomic E-state index is 13.0. The second-order valence-corrected chi connectivity index (χ2v) is 15.5. The number of carbonyl (C=O) groups is 1. The molecule has 3 saturated heterocycles. The average molecular weight is 729 g/mol. The number of anilines is 2. The molecular weight excluding hydrogens is 683 g/mol. The number of hydrogen-bond donors (Lipinski definition) is 0. The Morgan fingerprint density at radius 3 is 2.71 bits per heavy atom. The lowest BCUT2D eigenvalue weighted by Crippen LogP contribution is -2.39. The van der Waals surface area contributed by atoms with Crippen LogP contribution in [0.5, 0.6) is 6.01 Å². The number of halogens is 2. The Bertz CT molecular complexity index is 1970. The van der Waals surface area contributed by atoms with Crippen LogP contribution in [0.2, 0.25) is 5.02 Å². The SMILES string of the molecule is COc1nc2c(c(N(C)C3CCN(C(=O)/C=C/c4nc(C5(C)CC5)no4)C3)n1)CCN(c1cccc3cccc(Cl)c13)C2.FC1CC2CCCN2C1. The van der Waals surface area contributed by atoms with Crippen molar-refractivity contribution in [1.29, 1.82) is 0 Å². The van der Waals surface area contributed by atoms with Crippen LogP contribution in [-0.4, -0.2) is 101 Å². The molecule has 1 aliphatic carbocycles. The maximum absolute atomic E-state index is 13.0. The van der Waals surface area contributed by atoms with Gasteiger partial charge in [0.05, 0.1) is 24.4 Å². The van der Waals surface area contributed by atoms with Crippen molar-refractivity contribution < 1.29 is 18.4 Å². The minimum atomic E-state index is -0.518. The molecule has 3 unspecified atom stereocenters. The molecule has 13 heteroatoms. The van der Waals surface area contributed by atoms with E-state index in [1.807, 2.05) is 24.1 Å². The van der Waals surface area contributed by atoms with Crippen LogP contribution in [0.15, 0.2) is 47.0 Å². The van der Waals surface area contributed by atoms with Crippen molar-refractivity contribution in [2.75, 3.05) is 56.7 Å². The van der Waals surface area contributed by atoms with Gasteiger partial charge in [-0.25, -0.2) is 4.39 Å². The number of hydrogen-bond acceptors (Lipinski definition) is 10. The molecule has 6 heterocycles. The standard InChI is InChI=1S/C32H34ClN7O3.C7H12FN/c1-32(14-15-32)30-35-26(43-37-30)10-11-27(41)40-16-12-21(18-40)38(2)29-22-13-17-39(19-24(22)34-31(36-29)42-3)25-9-5-7-20-6-4-8-23(33)28(20)25;8-6-4-7-2-1-3-9(7)5-6/h4-11,21H,12-19H2,1-3H3;6-7H,1-5H2/b11-10+;. The normalized spacial score (nSPS) is 23.4. The summed E-state index contributed by atoms with van der Waals surface area (Å²) >= 11 is 6.65. The van der Waals surface area contributed by atoms with Gasteiger partial charge in [0.1, 0.15) is 12.0 Å². The van der Waals surface area contributed by atoms with Crippen LogP contribution in [0.3, 0.4) is 0 Å². The van der Waals surface area contributed by atoms with Gasteiger partial charge < -0.3 is 24.0 Å². The summed E-state index contributed by atoms with van der Waals surface area (Å²) < 4.78 is 23.5. The zero-order valence-corrected chi connectivity index (χ0v) is 30.9. The van der Waals surface area contributed by atoms with Crippen molar-refractivity contribution in [1.82, 2.24) is 29.9 Å². The molecule has 1 saturated carbocycles. The molecule has 1 amide bonds. The van der Waals surface area contributed by atoms with E-state index in [1.165, 1.54) is 18.9 Å². The third kappa shape index (κ3) is 6.94. The Balaban J connectivity index is 0.000000372. The van der Waals surface area contributed by atoms with Gasteiger partial charge in [0, 0.05) is 79.5 Å². The van der Waals surface area contributed by atoms with Crippen LogP contribution < -0.4 is 14.5 Å². The molecule has 11 nitrogen and oxygen atoms in total. The number of ether oxygens (including phenoxy) is 1. The summed E-state index contributed by atoms with van der Waals surface area (Å²) in [5, 5.41) is 6.99. The van der Waals surface area contributed by atoms with Gasteiger partial charge in [0.25, 0.3) is 5.89 Å². The summed E-state index contributed by atoms with van der Waals surface area (Å²) in [6.45, 7) is 6.66. The molecule has 4 aromatic rings. The molecule has 0 radical (unpaired) electrons. The fraction of sp³-hybridized carbons (Fsp3) is 0.513. The summed E-state index contributed by atoms with van der Waals surface area (Å²) in [6, 6.07) is 13.3.